The smallest absolute Gasteiger partial charge is 0.257 e. The Morgan fingerprint density at radius 3 is 2.75 bits per heavy atom. The molecule has 3 rings (SSSR count). The van der Waals surface area contributed by atoms with Gasteiger partial charge in [0.2, 0.25) is 0 Å². The molecular formula is C15H15N3O2. The molecule has 0 spiro atoms. The number of carbonyl (C=O) groups excluding carboxylic acids is 1. The zero-order chi connectivity index (χ0) is 14.3. The van der Waals surface area contributed by atoms with Gasteiger partial charge in [0.1, 0.15) is 11.4 Å². The zero-order valence-corrected chi connectivity index (χ0v) is 11.6. The summed E-state index contributed by atoms with van der Waals surface area (Å²) >= 11 is 0. The second-order valence-electron chi connectivity index (χ2n) is 4.82. The molecule has 0 saturated carbocycles. The van der Waals surface area contributed by atoms with Gasteiger partial charge in [-0.05, 0) is 19.9 Å². The van der Waals surface area contributed by atoms with Crippen LogP contribution in [0.3, 0.4) is 0 Å². The first-order chi connectivity index (χ1) is 9.58. The second kappa shape index (κ2) is 4.52. The van der Waals surface area contributed by atoms with E-state index in [2.05, 4.69) is 10.5 Å². The predicted octanol–water partition coefficient (Wildman–Crippen LogP) is 3.04. The third kappa shape index (κ3) is 1.87. The van der Waals surface area contributed by atoms with Crippen molar-refractivity contribution in [2.24, 2.45) is 7.05 Å². The maximum absolute atomic E-state index is 12.4. The van der Waals surface area contributed by atoms with Gasteiger partial charge in [-0.15, -0.1) is 0 Å². The van der Waals surface area contributed by atoms with E-state index in [-0.39, 0.29) is 5.91 Å². The van der Waals surface area contributed by atoms with Crippen LogP contribution in [0.25, 0.3) is 10.9 Å². The van der Waals surface area contributed by atoms with Gasteiger partial charge in [-0.1, -0.05) is 23.4 Å². The number of carbonyl (C=O) groups is 1. The van der Waals surface area contributed by atoms with Crippen LogP contribution in [0, 0.1) is 13.8 Å². The molecule has 0 radical (unpaired) electrons. The molecule has 5 heteroatoms. The molecule has 0 unspecified atom stereocenters. The Hall–Kier alpha value is -2.56. The molecule has 0 atom stereocenters. The number of para-hydroxylation sites is 1. The van der Waals surface area contributed by atoms with Crippen LogP contribution in [0.5, 0.6) is 0 Å². The van der Waals surface area contributed by atoms with Gasteiger partial charge >= 0.3 is 0 Å². The number of nitrogens with one attached hydrogen (secondary N) is 1. The van der Waals surface area contributed by atoms with Crippen LogP contribution < -0.4 is 5.32 Å². The lowest BCUT2D eigenvalue weighted by Gasteiger charge is -2.03. The minimum Gasteiger partial charge on any atom is -0.359 e. The summed E-state index contributed by atoms with van der Waals surface area (Å²) < 4.78 is 7.00. The average molecular weight is 269 g/mol. The third-order valence-corrected chi connectivity index (χ3v) is 3.41. The van der Waals surface area contributed by atoms with E-state index in [0.29, 0.717) is 22.7 Å². The van der Waals surface area contributed by atoms with E-state index in [9.17, 15) is 4.79 Å². The molecular weight excluding hydrogens is 254 g/mol. The Morgan fingerprint density at radius 1 is 1.30 bits per heavy atom. The molecule has 0 aliphatic heterocycles. The highest BCUT2D eigenvalue weighted by molar-refractivity contribution is 6.13. The molecule has 0 saturated heterocycles. The standard InChI is InChI=1S/C15H15N3O2/c1-9-14(10(2)20-17-9)16-15(19)12-8-18(3)13-7-5-4-6-11(12)13/h4-8H,1-3H3,(H,16,19). The summed E-state index contributed by atoms with van der Waals surface area (Å²) in [5.74, 6) is 0.451. The van der Waals surface area contributed by atoms with Crippen molar-refractivity contribution >= 4 is 22.5 Å². The van der Waals surface area contributed by atoms with Gasteiger partial charge in [0.15, 0.2) is 5.76 Å². The highest BCUT2D eigenvalue weighted by Gasteiger charge is 2.17. The van der Waals surface area contributed by atoms with Gasteiger partial charge in [-0.2, -0.15) is 0 Å². The van der Waals surface area contributed by atoms with Crippen molar-refractivity contribution in [3.63, 3.8) is 0 Å². The molecule has 2 aromatic heterocycles. The summed E-state index contributed by atoms with van der Waals surface area (Å²) in [5, 5.41) is 7.64. The number of hydrogen-bond donors (Lipinski definition) is 1. The highest BCUT2D eigenvalue weighted by atomic mass is 16.5. The number of hydrogen-bond acceptors (Lipinski definition) is 3. The second-order valence-corrected chi connectivity index (χ2v) is 4.82. The number of rotatable bonds is 2. The fraction of sp³-hybridized carbons (Fsp3) is 0.200. The van der Waals surface area contributed by atoms with Gasteiger partial charge in [-0.25, -0.2) is 0 Å². The van der Waals surface area contributed by atoms with E-state index < -0.39 is 0 Å². The van der Waals surface area contributed by atoms with E-state index in [4.69, 9.17) is 4.52 Å². The highest BCUT2D eigenvalue weighted by Crippen LogP contribution is 2.24. The van der Waals surface area contributed by atoms with Crippen LogP contribution in [0.4, 0.5) is 5.69 Å². The number of anilines is 1. The number of nitrogens with zero attached hydrogens (tertiary/aromatic N) is 2. The zero-order valence-electron chi connectivity index (χ0n) is 11.6. The maximum atomic E-state index is 12.4. The van der Waals surface area contributed by atoms with Crippen molar-refractivity contribution in [3.05, 3.63) is 47.5 Å². The Morgan fingerprint density at radius 2 is 2.05 bits per heavy atom. The van der Waals surface area contributed by atoms with E-state index in [0.717, 1.165) is 10.9 Å². The first kappa shape index (κ1) is 12.5. The Labute approximate surface area is 116 Å². The van der Waals surface area contributed by atoms with Gasteiger partial charge < -0.3 is 14.4 Å². The summed E-state index contributed by atoms with van der Waals surface area (Å²) in [6.45, 7) is 3.58. The van der Waals surface area contributed by atoms with Gasteiger partial charge in [0.05, 0.1) is 5.56 Å². The molecule has 0 fully saturated rings. The molecule has 3 aromatic rings. The molecule has 20 heavy (non-hydrogen) atoms. The largest absolute Gasteiger partial charge is 0.359 e. The molecule has 0 aliphatic rings. The summed E-state index contributed by atoms with van der Waals surface area (Å²) in [7, 11) is 1.93. The average Bonchev–Trinajstić information content (AvgIpc) is 2.94. The molecule has 102 valence electrons. The summed E-state index contributed by atoms with van der Waals surface area (Å²) in [6, 6.07) is 7.81. The lowest BCUT2D eigenvalue weighted by Crippen LogP contribution is -2.12. The molecule has 0 aliphatic carbocycles. The summed E-state index contributed by atoms with van der Waals surface area (Å²) in [6.07, 6.45) is 1.83. The van der Waals surface area contributed by atoms with Crippen molar-refractivity contribution in [3.8, 4) is 0 Å². The molecule has 1 amide bonds. The van der Waals surface area contributed by atoms with Gasteiger partial charge in [0.25, 0.3) is 5.91 Å². The SMILES string of the molecule is Cc1noc(C)c1NC(=O)c1cn(C)c2ccccc12. The first-order valence-electron chi connectivity index (χ1n) is 6.36. The minimum absolute atomic E-state index is 0.156. The third-order valence-electron chi connectivity index (χ3n) is 3.41. The lowest BCUT2D eigenvalue weighted by atomic mass is 10.1. The van der Waals surface area contributed by atoms with Crippen LogP contribution in [-0.4, -0.2) is 15.6 Å². The number of benzene rings is 1. The van der Waals surface area contributed by atoms with E-state index in [1.54, 1.807) is 13.8 Å². The minimum atomic E-state index is -0.156. The van der Waals surface area contributed by atoms with E-state index in [1.165, 1.54) is 0 Å². The molecule has 2 heterocycles. The van der Waals surface area contributed by atoms with Crippen molar-refractivity contribution in [2.75, 3.05) is 5.32 Å². The molecule has 0 bridgehead atoms. The predicted molar refractivity (Wildman–Crippen MR) is 76.8 cm³/mol. The van der Waals surface area contributed by atoms with E-state index >= 15 is 0 Å². The lowest BCUT2D eigenvalue weighted by molar-refractivity contribution is 0.102. The van der Waals surface area contributed by atoms with Crippen molar-refractivity contribution in [1.82, 2.24) is 9.72 Å². The number of aryl methyl sites for hydroxylation is 3. The topological polar surface area (TPSA) is 60.1 Å². The molecule has 1 aromatic carbocycles. The summed E-state index contributed by atoms with van der Waals surface area (Å²) in [4.78, 5) is 12.4. The van der Waals surface area contributed by atoms with Crippen LogP contribution in [0.2, 0.25) is 0 Å². The van der Waals surface area contributed by atoms with Crippen LogP contribution >= 0.6 is 0 Å². The van der Waals surface area contributed by atoms with Crippen molar-refractivity contribution in [2.45, 2.75) is 13.8 Å². The number of amides is 1. The molecule has 5 nitrogen and oxygen atoms in total. The summed E-state index contributed by atoms with van der Waals surface area (Å²) in [5.41, 5.74) is 2.98. The van der Waals surface area contributed by atoms with Crippen LogP contribution in [0.1, 0.15) is 21.8 Å². The van der Waals surface area contributed by atoms with Gasteiger partial charge in [0, 0.05) is 24.1 Å². The number of fused-ring (bicyclic) bond motifs is 1. The Balaban J connectivity index is 2.01. The van der Waals surface area contributed by atoms with Crippen LogP contribution in [-0.2, 0) is 7.05 Å². The fourth-order valence-electron chi connectivity index (χ4n) is 2.36. The Kier molecular flexibility index (Phi) is 2.82. The van der Waals surface area contributed by atoms with Crippen LogP contribution in [0.15, 0.2) is 35.0 Å². The first-order valence-corrected chi connectivity index (χ1v) is 6.36. The quantitative estimate of drug-likeness (QED) is 0.777. The normalized spacial score (nSPS) is 10.9. The Bertz CT molecular complexity index is 779. The van der Waals surface area contributed by atoms with Crippen molar-refractivity contribution in [1.29, 1.82) is 0 Å². The monoisotopic (exact) mass is 269 g/mol. The maximum Gasteiger partial charge on any atom is 0.257 e. The van der Waals surface area contributed by atoms with E-state index in [1.807, 2.05) is 42.1 Å². The molecule has 1 N–H and O–H groups in total. The van der Waals surface area contributed by atoms with Gasteiger partial charge in [-0.3, -0.25) is 4.79 Å². The number of aromatic nitrogens is 2. The fourth-order valence-corrected chi connectivity index (χ4v) is 2.36. The van der Waals surface area contributed by atoms with Crippen molar-refractivity contribution < 1.29 is 9.32 Å².